The topological polar surface area (TPSA) is 106 Å². The van der Waals surface area contributed by atoms with Gasteiger partial charge in [0, 0.05) is 66.2 Å². The van der Waals surface area contributed by atoms with E-state index in [0.717, 1.165) is 59.4 Å². The smallest absolute Gasteiger partial charge is 0.317 e. The molecule has 2 fully saturated rings. The number of nitrogens with zero attached hydrogens (tertiary/aromatic N) is 2. The summed E-state index contributed by atoms with van der Waals surface area (Å²) in [5, 5.41) is 16.1. The Hall–Kier alpha value is -3.13. The fourth-order valence-corrected chi connectivity index (χ4v) is 4.91. The summed E-state index contributed by atoms with van der Waals surface area (Å²) in [5.74, 6) is 0. The molecule has 8 nitrogen and oxygen atoms in total. The number of hydrogen-bond acceptors (Lipinski definition) is 5. The number of urea groups is 1. The number of allylic oxidation sites excluding steroid dienone is 1. The number of aromatic amines is 1. The Balaban J connectivity index is 1.40. The van der Waals surface area contributed by atoms with Gasteiger partial charge in [0.1, 0.15) is 5.65 Å². The SMILES string of the molecule is CCNC(=O)N1CCC2(CCN/C2=C\C(=N)c2cnc3[nH]cc(C4=CCOC4)c3c2)C1. The first-order valence-electron chi connectivity index (χ1n) is 10.9. The number of carbonyl (C=O) groups excluding carboxylic acids is 1. The van der Waals surface area contributed by atoms with Crippen LogP contribution < -0.4 is 10.6 Å². The number of amides is 2. The van der Waals surface area contributed by atoms with Crippen molar-refractivity contribution in [2.75, 3.05) is 39.4 Å². The lowest BCUT2D eigenvalue weighted by molar-refractivity contribution is 0.204. The Bertz CT molecular complexity index is 1100. The van der Waals surface area contributed by atoms with Gasteiger partial charge in [0.15, 0.2) is 0 Å². The molecule has 3 aliphatic rings. The van der Waals surface area contributed by atoms with E-state index in [1.54, 1.807) is 6.20 Å². The Morgan fingerprint density at radius 3 is 3.16 bits per heavy atom. The summed E-state index contributed by atoms with van der Waals surface area (Å²) in [7, 11) is 0. The summed E-state index contributed by atoms with van der Waals surface area (Å²) in [6.07, 6.45) is 9.64. The minimum Gasteiger partial charge on any atom is -0.388 e. The van der Waals surface area contributed by atoms with E-state index < -0.39 is 0 Å². The first-order valence-corrected chi connectivity index (χ1v) is 10.9. The zero-order valence-corrected chi connectivity index (χ0v) is 17.8. The van der Waals surface area contributed by atoms with Crippen LogP contribution >= 0.6 is 0 Å². The first kappa shape index (κ1) is 19.8. The maximum absolute atomic E-state index is 12.3. The maximum Gasteiger partial charge on any atom is 0.317 e. The molecule has 0 bridgehead atoms. The highest BCUT2D eigenvalue weighted by Crippen LogP contribution is 2.43. The van der Waals surface area contributed by atoms with Gasteiger partial charge in [-0.15, -0.1) is 0 Å². The van der Waals surface area contributed by atoms with Gasteiger partial charge in [0.25, 0.3) is 0 Å². The van der Waals surface area contributed by atoms with Gasteiger partial charge in [-0.1, -0.05) is 6.08 Å². The Morgan fingerprint density at radius 2 is 2.35 bits per heavy atom. The van der Waals surface area contributed by atoms with E-state index in [-0.39, 0.29) is 11.4 Å². The van der Waals surface area contributed by atoms with Crippen molar-refractivity contribution in [2.24, 2.45) is 5.41 Å². The van der Waals surface area contributed by atoms with Crippen molar-refractivity contribution < 1.29 is 9.53 Å². The number of aromatic nitrogens is 2. The van der Waals surface area contributed by atoms with Crippen molar-refractivity contribution in [1.82, 2.24) is 25.5 Å². The zero-order valence-electron chi connectivity index (χ0n) is 17.8. The van der Waals surface area contributed by atoms with Crippen LogP contribution in [0, 0.1) is 10.8 Å². The zero-order chi connectivity index (χ0) is 21.4. The minimum absolute atomic E-state index is 0.000498. The summed E-state index contributed by atoms with van der Waals surface area (Å²) >= 11 is 0. The summed E-state index contributed by atoms with van der Waals surface area (Å²) in [6, 6.07) is 2.03. The fraction of sp³-hybridized carbons (Fsp3) is 0.435. The molecule has 0 aliphatic carbocycles. The lowest BCUT2D eigenvalue weighted by atomic mass is 9.82. The van der Waals surface area contributed by atoms with Gasteiger partial charge < -0.3 is 30.7 Å². The van der Waals surface area contributed by atoms with Crippen molar-refractivity contribution in [2.45, 2.75) is 19.8 Å². The second-order valence-electron chi connectivity index (χ2n) is 8.50. The Kier molecular flexibility index (Phi) is 5.02. The van der Waals surface area contributed by atoms with Gasteiger partial charge in [0.2, 0.25) is 0 Å². The number of pyridine rings is 1. The van der Waals surface area contributed by atoms with E-state index in [1.807, 2.05) is 30.2 Å². The number of fused-ring (bicyclic) bond motifs is 1. The van der Waals surface area contributed by atoms with Crippen molar-refractivity contribution in [1.29, 1.82) is 5.41 Å². The van der Waals surface area contributed by atoms with Crippen molar-refractivity contribution in [3.05, 3.63) is 47.4 Å². The number of hydrogen-bond donors (Lipinski definition) is 4. The number of rotatable bonds is 4. The molecular formula is C23H28N6O2. The highest BCUT2D eigenvalue weighted by atomic mass is 16.5. The molecule has 0 aromatic carbocycles. The maximum atomic E-state index is 12.3. The van der Waals surface area contributed by atoms with Crippen LogP contribution in [0.3, 0.4) is 0 Å². The van der Waals surface area contributed by atoms with E-state index in [4.69, 9.17) is 10.1 Å². The van der Waals surface area contributed by atoms with E-state index in [1.165, 1.54) is 0 Å². The summed E-state index contributed by atoms with van der Waals surface area (Å²) in [5.41, 5.74) is 5.25. The van der Waals surface area contributed by atoms with E-state index in [2.05, 4.69) is 26.7 Å². The van der Waals surface area contributed by atoms with Crippen LogP contribution in [0.2, 0.25) is 0 Å². The van der Waals surface area contributed by atoms with Crippen molar-refractivity contribution in [3.63, 3.8) is 0 Å². The standard InChI is InChI=1S/C23H28N6O2/c1-2-25-22(30)29-7-5-23(14-29)4-6-26-20(23)10-19(24)16-9-17-18(15-3-8-31-13-15)12-28-21(17)27-11-16/h3,9-12,24,26H,2,4-8,13-14H2,1H3,(H,25,30)(H,27,28)/b20-10-,24-19?. The molecule has 1 spiro atoms. The average molecular weight is 421 g/mol. The molecule has 2 aromatic rings. The quantitative estimate of drug-likeness (QED) is 0.571. The molecule has 31 heavy (non-hydrogen) atoms. The molecule has 0 saturated carbocycles. The largest absolute Gasteiger partial charge is 0.388 e. The van der Waals surface area contributed by atoms with Crippen LogP contribution in [0.15, 0.2) is 36.3 Å². The highest BCUT2D eigenvalue weighted by molar-refractivity contribution is 6.09. The number of nitrogens with one attached hydrogen (secondary N) is 4. The molecule has 162 valence electrons. The molecule has 2 aromatic heterocycles. The fourth-order valence-electron chi connectivity index (χ4n) is 4.91. The monoisotopic (exact) mass is 420 g/mol. The normalized spacial score (nSPS) is 24.2. The number of likely N-dealkylation sites (tertiary alicyclic amines) is 1. The summed E-state index contributed by atoms with van der Waals surface area (Å²) in [4.78, 5) is 21.9. The second kappa shape index (κ2) is 7.85. The third-order valence-corrected chi connectivity index (χ3v) is 6.64. The summed E-state index contributed by atoms with van der Waals surface area (Å²) in [6.45, 7) is 6.12. The molecule has 4 N–H and O–H groups in total. The van der Waals surface area contributed by atoms with Gasteiger partial charge in [-0.2, -0.15) is 0 Å². The number of carbonyl (C=O) groups is 1. The van der Waals surface area contributed by atoms with Gasteiger partial charge in [-0.25, -0.2) is 9.78 Å². The van der Waals surface area contributed by atoms with Crippen LogP contribution in [-0.4, -0.2) is 66.0 Å². The first-order chi connectivity index (χ1) is 15.1. The van der Waals surface area contributed by atoms with Gasteiger partial charge in [-0.05, 0) is 37.5 Å². The third kappa shape index (κ3) is 3.50. The van der Waals surface area contributed by atoms with Crippen LogP contribution in [0.25, 0.3) is 16.6 Å². The van der Waals surface area contributed by atoms with Crippen LogP contribution in [0.5, 0.6) is 0 Å². The molecule has 2 saturated heterocycles. The minimum atomic E-state index is -0.0832. The summed E-state index contributed by atoms with van der Waals surface area (Å²) < 4.78 is 5.47. The molecular weight excluding hydrogens is 392 g/mol. The Morgan fingerprint density at radius 1 is 1.45 bits per heavy atom. The van der Waals surface area contributed by atoms with Gasteiger partial charge in [0.05, 0.1) is 18.9 Å². The van der Waals surface area contributed by atoms with Crippen molar-refractivity contribution in [3.8, 4) is 0 Å². The van der Waals surface area contributed by atoms with E-state index in [9.17, 15) is 4.79 Å². The molecule has 0 radical (unpaired) electrons. The molecule has 5 rings (SSSR count). The molecule has 3 aliphatic heterocycles. The van der Waals surface area contributed by atoms with Crippen LogP contribution in [0.1, 0.15) is 30.9 Å². The highest BCUT2D eigenvalue weighted by Gasteiger charge is 2.45. The molecule has 1 unspecified atom stereocenters. The number of H-pyrrole nitrogens is 1. The van der Waals surface area contributed by atoms with Gasteiger partial charge >= 0.3 is 6.03 Å². The molecule has 1 atom stereocenters. The van der Waals surface area contributed by atoms with E-state index in [0.29, 0.717) is 32.0 Å². The molecule has 5 heterocycles. The van der Waals surface area contributed by atoms with E-state index >= 15 is 0 Å². The molecule has 8 heteroatoms. The molecule has 2 amide bonds. The van der Waals surface area contributed by atoms with Crippen LogP contribution in [-0.2, 0) is 4.74 Å². The lowest BCUT2D eigenvalue weighted by Gasteiger charge is -2.25. The average Bonchev–Trinajstić information content (AvgIpc) is 3.56. The second-order valence-corrected chi connectivity index (χ2v) is 8.50. The van der Waals surface area contributed by atoms with Crippen LogP contribution in [0.4, 0.5) is 4.79 Å². The third-order valence-electron chi connectivity index (χ3n) is 6.64. The predicted molar refractivity (Wildman–Crippen MR) is 120 cm³/mol. The number of ether oxygens (including phenoxy) is 1. The van der Waals surface area contributed by atoms with Gasteiger partial charge in [-0.3, -0.25) is 0 Å². The predicted octanol–water partition coefficient (Wildman–Crippen LogP) is 2.64. The Labute approximate surface area is 181 Å². The lowest BCUT2D eigenvalue weighted by Crippen LogP contribution is -2.39. The van der Waals surface area contributed by atoms with Crippen molar-refractivity contribution >= 4 is 28.3 Å².